The molecule has 0 aliphatic carbocycles. The minimum atomic E-state index is 0.0665. The molecular weight excluding hydrogens is 270 g/mol. The van der Waals surface area contributed by atoms with Gasteiger partial charge in [-0.2, -0.15) is 0 Å². The average molecular weight is 293 g/mol. The van der Waals surface area contributed by atoms with Crippen LogP contribution in [0.4, 0.5) is 0 Å². The number of carbonyl (C=O) groups excluding carboxylic acids is 1. The van der Waals surface area contributed by atoms with E-state index in [1.807, 2.05) is 57.2 Å². The Bertz CT molecular complexity index is 600. The molecule has 0 saturated heterocycles. The highest BCUT2D eigenvalue weighted by Gasteiger charge is 2.12. The zero-order valence-electron chi connectivity index (χ0n) is 13.5. The minimum absolute atomic E-state index is 0.0665. The van der Waals surface area contributed by atoms with Crippen LogP contribution in [0.2, 0.25) is 0 Å². The summed E-state index contributed by atoms with van der Waals surface area (Å²) in [5, 5.41) is 2.96. The maximum absolute atomic E-state index is 12.1. The molecule has 2 aromatic rings. The summed E-state index contributed by atoms with van der Waals surface area (Å²) in [5.74, 6) is 0.0665. The Hall–Kier alpha value is -2.35. The van der Waals surface area contributed by atoms with Gasteiger partial charge in [-0.3, -0.25) is 4.79 Å². The topological polar surface area (TPSA) is 29.1 Å². The van der Waals surface area contributed by atoms with Crippen molar-refractivity contribution in [2.24, 2.45) is 0 Å². The largest absolute Gasteiger partial charge is 0.354 e. The van der Waals surface area contributed by atoms with Crippen LogP contribution >= 0.6 is 0 Å². The fourth-order valence-electron chi connectivity index (χ4n) is 2.57. The first-order valence-electron chi connectivity index (χ1n) is 7.68. The molecule has 0 saturated carbocycles. The Labute approximate surface area is 132 Å². The highest BCUT2D eigenvalue weighted by Crippen LogP contribution is 2.28. The number of hydrogen-bond acceptors (Lipinski definition) is 1. The number of hydrogen-bond donors (Lipinski definition) is 1. The molecule has 0 aromatic heterocycles. The molecule has 0 radical (unpaired) electrons. The van der Waals surface area contributed by atoms with Crippen molar-refractivity contribution in [2.45, 2.75) is 33.2 Å². The van der Waals surface area contributed by atoms with E-state index >= 15 is 0 Å². The van der Waals surface area contributed by atoms with Gasteiger partial charge in [-0.1, -0.05) is 66.2 Å². The van der Waals surface area contributed by atoms with Crippen LogP contribution in [-0.2, 0) is 4.79 Å². The SMILES string of the molecule is CC(CC(=O)NC(C)C)=C(c1ccccc1)c1ccccc1. The van der Waals surface area contributed by atoms with E-state index in [2.05, 4.69) is 29.6 Å². The lowest BCUT2D eigenvalue weighted by molar-refractivity contribution is -0.120. The molecule has 114 valence electrons. The summed E-state index contributed by atoms with van der Waals surface area (Å²) >= 11 is 0. The minimum Gasteiger partial charge on any atom is -0.354 e. The van der Waals surface area contributed by atoms with Crippen molar-refractivity contribution >= 4 is 11.5 Å². The van der Waals surface area contributed by atoms with Gasteiger partial charge in [-0.15, -0.1) is 0 Å². The summed E-state index contributed by atoms with van der Waals surface area (Å²) < 4.78 is 0. The molecule has 2 aromatic carbocycles. The molecule has 2 heteroatoms. The van der Waals surface area contributed by atoms with E-state index in [0.29, 0.717) is 6.42 Å². The van der Waals surface area contributed by atoms with Crippen molar-refractivity contribution in [3.8, 4) is 0 Å². The maximum Gasteiger partial charge on any atom is 0.224 e. The Balaban J connectivity index is 2.40. The van der Waals surface area contributed by atoms with Crippen molar-refractivity contribution < 1.29 is 4.79 Å². The van der Waals surface area contributed by atoms with Gasteiger partial charge in [0.15, 0.2) is 0 Å². The first-order chi connectivity index (χ1) is 10.6. The standard InChI is InChI=1S/C20H23NO/c1-15(2)21-19(22)14-16(3)20(17-10-6-4-7-11-17)18-12-8-5-9-13-18/h4-13,15H,14H2,1-3H3,(H,21,22). The predicted octanol–water partition coefficient (Wildman–Crippen LogP) is 4.42. The van der Waals surface area contributed by atoms with Crippen LogP contribution in [0.5, 0.6) is 0 Å². The van der Waals surface area contributed by atoms with Crippen LogP contribution in [0.1, 0.15) is 38.3 Å². The fourth-order valence-corrected chi connectivity index (χ4v) is 2.57. The van der Waals surface area contributed by atoms with E-state index < -0.39 is 0 Å². The number of rotatable bonds is 5. The Morgan fingerprint density at radius 2 is 1.36 bits per heavy atom. The first kappa shape index (κ1) is 16.0. The molecule has 2 nitrogen and oxygen atoms in total. The second-order valence-electron chi connectivity index (χ2n) is 5.79. The molecule has 22 heavy (non-hydrogen) atoms. The van der Waals surface area contributed by atoms with Crippen LogP contribution in [0.15, 0.2) is 66.2 Å². The third kappa shape index (κ3) is 4.32. The molecule has 0 atom stereocenters. The van der Waals surface area contributed by atoms with E-state index in [4.69, 9.17) is 0 Å². The number of benzene rings is 2. The van der Waals surface area contributed by atoms with Crippen LogP contribution < -0.4 is 5.32 Å². The Morgan fingerprint density at radius 3 is 1.77 bits per heavy atom. The van der Waals surface area contributed by atoms with Gasteiger partial charge in [0.2, 0.25) is 5.91 Å². The molecular formula is C20H23NO. The van der Waals surface area contributed by atoms with Crippen LogP contribution in [0.25, 0.3) is 5.57 Å². The smallest absolute Gasteiger partial charge is 0.224 e. The first-order valence-corrected chi connectivity index (χ1v) is 7.68. The molecule has 0 bridgehead atoms. The number of carbonyl (C=O) groups is 1. The van der Waals surface area contributed by atoms with Crippen molar-refractivity contribution in [1.82, 2.24) is 5.32 Å². The van der Waals surface area contributed by atoms with Gasteiger partial charge in [-0.05, 0) is 37.5 Å². The third-order valence-electron chi connectivity index (χ3n) is 3.43. The molecule has 1 N–H and O–H groups in total. The molecule has 0 fully saturated rings. The van der Waals surface area contributed by atoms with E-state index in [9.17, 15) is 4.79 Å². The van der Waals surface area contributed by atoms with Gasteiger partial charge in [0.05, 0.1) is 0 Å². The second kappa shape index (κ2) is 7.60. The lowest BCUT2D eigenvalue weighted by atomic mass is 9.92. The Morgan fingerprint density at radius 1 is 0.909 bits per heavy atom. The molecule has 0 aliphatic heterocycles. The Kier molecular flexibility index (Phi) is 5.54. The van der Waals surface area contributed by atoms with Gasteiger partial charge >= 0.3 is 0 Å². The lowest BCUT2D eigenvalue weighted by Crippen LogP contribution is -2.30. The van der Waals surface area contributed by atoms with E-state index in [1.165, 1.54) is 0 Å². The summed E-state index contributed by atoms with van der Waals surface area (Å²) in [7, 11) is 0. The zero-order valence-corrected chi connectivity index (χ0v) is 13.5. The van der Waals surface area contributed by atoms with E-state index in [0.717, 1.165) is 22.3 Å². The lowest BCUT2D eigenvalue weighted by Gasteiger charge is -2.14. The summed E-state index contributed by atoms with van der Waals surface area (Å²) in [6.07, 6.45) is 0.414. The second-order valence-corrected chi connectivity index (χ2v) is 5.79. The summed E-state index contributed by atoms with van der Waals surface area (Å²) in [4.78, 5) is 12.1. The zero-order chi connectivity index (χ0) is 15.9. The normalized spacial score (nSPS) is 10.4. The van der Waals surface area contributed by atoms with Crippen LogP contribution in [0, 0.1) is 0 Å². The third-order valence-corrected chi connectivity index (χ3v) is 3.43. The highest BCUT2D eigenvalue weighted by atomic mass is 16.1. The fraction of sp³-hybridized carbons (Fsp3) is 0.250. The van der Waals surface area contributed by atoms with Gasteiger partial charge < -0.3 is 5.32 Å². The summed E-state index contributed by atoms with van der Waals surface area (Å²) in [5.41, 5.74) is 4.50. The molecule has 2 rings (SSSR count). The number of nitrogens with one attached hydrogen (secondary N) is 1. The molecule has 0 spiro atoms. The predicted molar refractivity (Wildman–Crippen MR) is 92.5 cm³/mol. The van der Waals surface area contributed by atoms with E-state index in [1.54, 1.807) is 0 Å². The highest BCUT2D eigenvalue weighted by molar-refractivity contribution is 5.87. The van der Waals surface area contributed by atoms with E-state index in [-0.39, 0.29) is 11.9 Å². The van der Waals surface area contributed by atoms with Crippen molar-refractivity contribution in [2.75, 3.05) is 0 Å². The molecule has 0 unspecified atom stereocenters. The molecule has 0 aliphatic rings. The van der Waals surface area contributed by atoms with Crippen molar-refractivity contribution in [3.05, 3.63) is 77.4 Å². The molecule has 0 heterocycles. The monoisotopic (exact) mass is 293 g/mol. The molecule has 1 amide bonds. The van der Waals surface area contributed by atoms with Crippen molar-refractivity contribution in [1.29, 1.82) is 0 Å². The quantitative estimate of drug-likeness (QED) is 0.868. The summed E-state index contributed by atoms with van der Waals surface area (Å²) in [6.45, 7) is 5.99. The number of amides is 1. The van der Waals surface area contributed by atoms with Crippen LogP contribution in [-0.4, -0.2) is 11.9 Å². The average Bonchev–Trinajstić information content (AvgIpc) is 2.48. The van der Waals surface area contributed by atoms with Gasteiger partial charge in [-0.25, -0.2) is 0 Å². The van der Waals surface area contributed by atoms with Gasteiger partial charge in [0.25, 0.3) is 0 Å². The maximum atomic E-state index is 12.1. The summed E-state index contributed by atoms with van der Waals surface area (Å²) in [6, 6.07) is 20.6. The van der Waals surface area contributed by atoms with Gasteiger partial charge in [0.1, 0.15) is 0 Å². The van der Waals surface area contributed by atoms with Crippen LogP contribution in [0.3, 0.4) is 0 Å². The van der Waals surface area contributed by atoms with Crippen molar-refractivity contribution in [3.63, 3.8) is 0 Å². The van der Waals surface area contributed by atoms with Gasteiger partial charge in [0, 0.05) is 12.5 Å².